The number of rotatable bonds is 6. The minimum Gasteiger partial charge on any atom is -0.488 e. The van der Waals surface area contributed by atoms with Gasteiger partial charge in [0.2, 0.25) is 0 Å². The molecule has 1 atom stereocenters. The number of tetrazole rings is 1. The van der Waals surface area contributed by atoms with E-state index in [2.05, 4.69) is 20.1 Å². The fourth-order valence-corrected chi connectivity index (χ4v) is 1.52. The smallest absolute Gasteiger partial charge is 0.337 e. The lowest BCUT2D eigenvalue weighted by atomic mass is 10.2. The van der Waals surface area contributed by atoms with Crippen LogP contribution in [-0.2, 0) is 11.3 Å². The third-order valence-electron chi connectivity index (χ3n) is 2.51. The van der Waals surface area contributed by atoms with Crippen molar-refractivity contribution in [3.63, 3.8) is 0 Å². The zero-order valence-corrected chi connectivity index (χ0v) is 11.1. The highest BCUT2D eigenvalue weighted by molar-refractivity contribution is 5.89. The first-order valence-corrected chi connectivity index (χ1v) is 5.93. The number of carbonyl (C=O) groups excluding carboxylic acids is 1. The summed E-state index contributed by atoms with van der Waals surface area (Å²) in [5, 5.41) is 20.0. The molecule has 112 valence electrons. The number of alkyl halides is 1. The number of ether oxygens (including phenoxy) is 2. The van der Waals surface area contributed by atoms with E-state index >= 15 is 0 Å². The standard InChI is InChI=1S/C12H13FN4O4/c1-20-11(18)9-2-4-10(5-3-9)21-7-12(13,19)6-17-15-8-14-16-17/h2-5,8,19H,6-7H2,1H3/t12-/m0/s1. The molecule has 0 aliphatic rings. The predicted octanol–water partition coefficient (Wildman–Crippen LogP) is 0.197. The zero-order valence-electron chi connectivity index (χ0n) is 11.1. The van der Waals surface area contributed by atoms with Gasteiger partial charge < -0.3 is 14.6 Å². The number of halogens is 1. The van der Waals surface area contributed by atoms with Gasteiger partial charge in [0.15, 0.2) is 6.33 Å². The van der Waals surface area contributed by atoms with Crippen molar-refractivity contribution in [1.29, 1.82) is 0 Å². The van der Waals surface area contributed by atoms with Gasteiger partial charge in [-0.15, -0.1) is 10.2 Å². The van der Waals surface area contributed by atoms with Gasteiger partial charge in [0.05, 0.1) is 12.7 Å². The Morgan fingerprint density at radius 2 is 2.14 bits per heavy atom. The summed E-state index contributed by atoms with van der Waals surface area (Å²) in [6.07, 6.45) is 1.13. The van der Waals surface area contributed by atoms with E-state index < -0.39 is 25.0 Å². The van der Waals surface area contributed by atoms with Crippen molar-refractivity contribution in [3.8, 4) is 5.75 Å². The molecule has 9 heteroatoms. The molecule has 2 aromatic rings. The second kappa shape index (κ2) is 6.27. The van der Waals surface area contributed by atoms with Crippen molar-refractivity contribution in [2.75, 3.05) is 13.7 Å². The van der Waals surface area contributed by atoms with Gasteiger partial charge in [-0.05, 0) is 29.5 Å². The predicted molar refractivity (Wildman–Crippen MR) is 67.2 cm³/mol. The highest BCUT2D eigenvalue weighted by Gasteiger charge is 2.29. The Balaban J connectivity index is 1.91. The number of methoxy groups -OCH3 is 1. The fraction of sp³-hybridized carbons (Fsp3) is 0.333. The number of hydrogen-bond donors (Lipinski definition) is 1. The van der Waals surface area contributed by atoms with Gasteiger partial charge in [-0.25, -0.2) is 9.18 Å². The largest absolute Gasteiger partial charge is 0.488 e. The molecular weight excluding hydrogens is 283 g/mol. The van der Waals surface area contributed by atoms with Crippen LogP contribution in [0.15, 0.2) is 30.6 Å². The molecule has 1 aromatic heterocycles. The Bertz CT molecular complexity index is 586. The van der Waals surface area contributed by atoms with Crippen LogP contribution in [0.1, 0.15) is 10.4 Å². The minimum absolute atomic E-state index is 0.297. The van der Waals surface area contributed by atoms with E-state index in [1.807, 2.05) is 0 Å². The van der Waals surface area contributed by atoms with E-state index in [1.165, 1.54) is 31.4 Å². The van der Waals surface area contributed by atoms with Gasteiger partial charge in [0, 0.05) is 0 Å². The number of nitrogens with zero attached hydrogens (tertiary/aromatic N) is 4. The number of hydrogen-bond acceptors (Lipinski definition) is 7. The van der Waals surface area contributed by atoms with Crippen molar-refractivity contribution >= 4 is 5.97 Å². The molecule has 2 rings (SSSR count). The third kappa shape index (κ3) is 4.21. The molecule has 0 radical (unpaired) electrons. The van der Waals surface area contributed by atoms with Crippen LogP contribution in [0.3, 0.4) is 0 Å². The van der Waals surface area contributed by atoms with Crippen LogP contribution in [0.2, 0.25) is 0 Å². The second-order valence-corrected chi connectivity index (χ2v) is 4.19. The van der Waals surface area contributed by atoms with E-state index in [-0.39, 0.29) is 0 Å². The summed E-state index contributed by atoms with van der Waals surface area (Å²) in [6, 6.07) is 5.88. The van der Waals surface area contributed by atoms with Crippen molar-refractivity contribution in [2.24, 2.45) is 0 Å². The normalized spacial score (nSPS) is 13.5. The van der Waals surface area contributed by atoms with Gasteiger partial charge in [-0.3, -0.25) is 0 Å². The van der Waals surface area contributed by atoms with Crippen LogP contribution >= 0.6 is 0 Å². The maximum Gasteiger partial charge on any atom is 0.337 e. The van der Waals surface area contributed by atoms with Gasteiger partial charge in [0.25, 0.3) is 5.85 Å². The molecule has 0 aliphatic carbocycles. The van der Waals surface area contributed by atoms with Gasteiger partial charge in [-0.1, -0.05) is 0 Å². The summed E-state index contributed by atoms with van der Waals surface area (Å²) < 4.78 is 23.5. The maximum atomic E-state index is 13.8. The van der Waals surface area contributed by atoms with Crippen molar-refractivity contribution in [3.05, 3.63) is 36.2 Å². The van der Waals surface area contributed by atoms with Crippen molar-refractivity contribution in [2.45, 2.75) is 12.4 Å². The topological polar surface area (TPSA) is 99.4 Å². The number of esters is 1. The van der Waals surface area contributed by atoms with E-state index in [0.717, 1.165) is 11.1 Å². The molecule has 0 spiro atoms. The SMILES string of the molecule is COC(=O)c1ccc(OC[C@](O)(F)Cn2ncnn2)cc1. The summed E-state index contributed by atoms with van der Waals surface area (Å²) in [6.45, 7) is -1.13. The number of aromatic nitrogens is 4. The van der Waals surface area contributed by atoms with E-state index in [4.69, 9.17) is 4.74 Å². The van der Waals surface area contributed by atoms with Gasteiger partial charge in [-0.2, -0.15) is 4.80 Å². The quantitative estimate of drug-likeness (QED) is 0.760. The number of carbonyl (C=O) groups is 1. The van der Waals surface area contributed by atoms with Crippen molar-refractivity contribution in [1.82, 2.24) is 20.2 Å². The second-order valence-electron chi connectivity index (χ2n) is 4.19. The van der Waals surface area contributed by atoms with E-state index in [0.29, 0.717) is 11.3 Å². The van der Waals surface area contributed by atoms with Crippen LogP contribution < -0.4 is 4.74 Å². The lowest BCUT2D eigenvalue weighted by molar-refractivity contribution is -0.131. The molecule has 1 N–H and O–H groups in total. The Hall–Kier alpha value is -2.55. The van der Waals surface area contributed by atoms with Crippen LogP contribution in [-0.4, -0.2) is 50.9 Å². The molecule has 1 aromatic carbocycles. The Kier molecular flexibility index (Phi) is 4.43. The third-order valence-corrected chi connectivity index (χ3v) is 2.51. The van der Waals surface area contributed by atoms with Crippen LogP contribution in [0.25, 0.3) is 0 Å². The van der Waals surface area contributed by atoms with Crippen LogP contribution in [0, 0.1) is 0 Å². The maximum absolute atomic E-state index is 13.8. The molecule has 21 heavy (non-hydrogen) atoms. The van der Waals surface area contributed by atoms with Crippen LogP contribution in [0.4, 0.5) is 4.39 Å². The average Bonchev–Trinajstić information content (AvgIpc) is 2.97. The number of benzene rings is 1. The lowest BCUT2D eigenvalue weighted by Crippen LogP contribution is -2.36. The average molecular weight is 296 g/mol. The molecule has 0 unspecified atom stereocenters. The lowest BCUT2D eigenvalue weighted by Gasteiger charge is -2.18. The summed E-state index contributed by atoms with van der Waals surface area (Å²) in [4.78, 5) is 12.1. The summed E-state index contributed by atoms with van der Waals surface area (Å²) >= 11 is 0. The molecule has 1 heterocycles. The first-order chi connectivity index (χ1) is 10.00. The van der Waals surface area contributed by atoms with Gasteiger partial charge in [0.1, 0.15) is 18.9 Å². The highest BCUT2D eigenvalue weighted by atomic mass is 19.2. The Morgan fingerprint density at radius 1 is 1.43 bits per heavy atom. The Morgan fingerprint density at radius 3 is 2.71 bits per heavy atom. The van der Waals surface area contributed by atoms with Crippen LogP contribution in [0.5, 0.6) is 5.75 Å². The molecule has 0 saturated heterocycles. The fourth-order valence-electron chi connectivity index (χ4n) is 1.52. The molecule has 8 nitrogen and oxygen atoms in total. The monoisotopic (exact) mass is 296 g/mol. The molecule has 0 bridgehead atoms. The summed E-state index contributed by atoms with van der Waals surface area (Å²) in [5.74, 6) is -2.84. The Labute approximate surface area is 119 Å². The van der Waals surface area contributed by atoms with Gasteiger partial charge >= 0.3 is 5.97 Å². The van der Waals surface area contributed by atoms with Crippen molar-refractivity contribution < 1.29 is 23.8 Å². The minimum atomic E-state index is -2.65. The molecule has 0 fully saturated rings. The molecule has 0 saturated carbocycles. The molecular formula is C12H13FN4O4. The molecule has 0 aliphatic heterocycles. The first-order valence-electron chi connectivity index (χ1n) is 5.93. The first kappa shape index (κ1) is 14.9. The van der Waals surface area contributed by atoms with E-state index in [1.54, 1.807) is 0 Å². The highest BCUT2D eigenvalue weighted by Crippen LogP contribution is 2.16. The van der Waals surface area contributed by atoms with E-state index in [9.17, 15) is 14.3 Å². The summed E-state index contributed by atoms with van der Waals surface area (Å²) in [7, 11) is 1.27. The number of aliphatic hydroxyl groups is 1. The zero-order chi connectivity index (χ0) is 15.3. The summed E-state index contributed by atoms with van der Waals surface area (Å²) in [5.41, 5.74) is 0.340. The molecule has 0 amide bonds.